The van der Waals surface area contributed by atoms with Gasteiger partial charge >= 0.3 is 0 Å². The number of Topliss-reactive ketones (excluding diaryl/α,β-unsaturated/α-hetero) is 1. The average molecular weight is 325 g/mol. The van der Waals surface area contributed by atoms with Crippen LogP contribution in [0.25, 0.3) is 0 Å². The molecular formula is C16H23NO4S. The molecule has 0 saturated carbocycles. The zero-order chi connectivity index (χ0) is 16.4. The van der Waals surface area contributed by atoms with Gasteiger partial charge in [-0.2, -0.15) is 0 Å². The van der Waals surface area contributed by atoms with Crippen LogP contribution in [0.3, 0.4) is 0 Å². The lowest BCUT2D eigenvalue weighted by molar-refractivity contribution is -0.122. The van der Waals surface area contributed by atoms with Gasteiger partial charge in [0, 0.05) is 25.3 Å². The first-order chi connectivity index (χ1) is 10.5. The Hall–Kier alpha value is -1.53. The van der Waals surface area contributed by atoms with Gasteiger partial charge < -0.3 is 4.79 Å². The third-order valence-corrected chi connectivity index (χ3v) is 4.74. The first-order valence-electron chi connectivity index (χ1n) is 7.47. The lowest BCUT2D eigenvalue weighted by atomic mass is 10.0. The molecule has 122 valence electrons. The Bertz CT molecular complexity index is 569. The number of aldehydes is 1. The number of hydrogen-bond donors (Lipinski definition) is 1. The summed E-state index contributed by atoms with van der Waals surface area (Å²) in [6.45, 7) is 2.08. The predicted octanol–water partition coefficient (Wildman–Crippen LogP) is 2.32. The van der Waals surface area contributed by atoms with E-state index in [0.717, 1.165) is 19.1 Å². The van der Waals surface area contributed by atoms with Crippen molar-refractivity contribution in [1.82, 2.24) is 4.72 Å². The second-order valence-corrected chi connectivity index (χ2v) is 7.14. The maximum atomic E-state index is 11.9. The molecule has 0 aliphatic rings. The van der Waals surface area contributed by atoms with Crippen LogP contribution in [0, 0.1) is 5.92 Å². The minimum absolute atomic E-state index is 0.0875. The molecule has 0 bridgehead atoms. The Balaban J connectivity index is 2.18. The number of rotatable bonds is 11. The molecular weight excluding hydrogens is 302 g/mol. The minimum atomic E-state index is -3.44. The molecule has 6 heteroatoms. The summed E-state index contributed by atoms with van der Waals surface area (Å²) in [7, 11) is -3.44. The van der Waals surface area contributed by atoms with E-state index in [9.17, 15) is 18.0 Å². The van der Waals surface area contributed by atoms with E-state index in [1.54, 1.807) is 37.3 Å². The Labute approximate surface area is 132 Å². The van der Waals surface area contributed by atoms with Gasteiger partial charge in [-0.25, -0.2) is 13.1 Å². The van der Waals surface area contributed by atoms with Gasteiger partial charge in [-0.1, -0.05) is 31.5 Å². The topological polar surface area (TPSA) is 80.3 Å². The number of hydrogen-bond acceptors (Lipinski definition) is 4. The molecule has 0 heterocycles. The maximum Gasteiger partial charge on any atom is 0.240 e. The molecule has 1 aromatic rings. The summed E-state index contributed by atoms with van der Waals surface area (Å²) in [5.41, 5.74) is 0. The van der Waals surface area contributed by atoms with Gasteiger partial charge in [-0.3, -0.25) is 4.79 Å². The summed E-state index contributed by atoms with van der Waals surface area (Å²) in [6, 6.07) is 8.23. The number of ketones is 1. The van der Waals surface area contributed by atoms with Crippen molar-refractivity contribution >= 4 is 22.1 Å². The highest BCUT2D eigenvalue weighted by Crippen LogP contribution is 2.09. The summed E-state index contributed by atoms with van der Waals surface area (Å²) >= 11 is 0. The van der Waals surface area contributed by atoms with Gasteiger partial charge in [0.15, 0.2) is 0 Å². The van der Waals surface area contributed by atoms with Gasteiger partial charge in [-0.05, 0) is 25.0 Å². The van der Waals surface area contributed by atoms with Crippen LogP contribution in [0.5, 0.6) is 0 Å². The van der Waals surface area contributed by atoms with Crippen molar-refractivity contribution in [1.29, 1.82) is 0 Å². The van der Waals surface area contributed by atoms with Crippen LogP contribution >= 0.6 is 0 Å². The summed E-state index contributed by atoms with van der Waals surface area (Å²) in [4.78, 5) is 22.2. The summed E-state index contributed by atoms with van der Waals surface area (Å²) in [5, 5.41) is 0. The van der Waals surface area contributed by atoms with Crippen LogP contribution in [-0.2, 0) is 19.6 Å². The number of carbonyl (C=O) groups is 2. The van der Waals surface area contributed by atoms with E-state index in [4.69, 9.17) is 0 Å². The highest BCUT2D eigenvalue weighted by molar-refractivity contribution is 7.89. The molecule has 0 radical (unpaired) electrons. The van der Waals surface area contributed by atoms with E-state index < -0.39 is 10.0 Å². The molecule has 0 unspecified atom stereocenters. The average Bonchev–Trinajstić information content (AvgIpc) is 2.51. The molecule has 1 aromatic carbocycles. The van der Waals surface area contributed by atoms with E-state index >= 15 is 0 Å². The predicted molar refractivity (Wildman–Crippen MR) is 85.0 cm³/mol. The molecule has 0 saturated heterocycles. The van der Waals surface area contributed by atoms with Gasteiger partial charge in [0.05, 0.1) is 4.90 Å². The molecule has 0 amide bonds. The highest BCUT2D eigenvalue weighted by Gasteiger charge is 2.12. The molecule has 0 aliphatic carbocycles. The van der Waals surface area contributed by atoms with Crippen molar-refractivity contribution in [2.75, 3.05) is 6.54 Å². The monoisotopic (exact) mass is 325 g/mol. The Morgan fingerprint density at radius 1 is 1.18 bits per heavy atom. The fourth-order valence-corrected chi connectivity index (χ4v) is 3.12. The number of benzene rings is 1. The number of unbranched alkanes of at least 4 members (excludes halogenated alkanes) is 2. The third-order valence-electron chi connectivity index (χ3n) is 3.26. The molecule has 0 fully saturated rings. The van der Waals surface area contributed by atoms with Crippen LogP contribution in [0.4, 0.5) is 0 Å². The molecule has 0 aromatic heterocycles. The first kappa shape index (κ1) is 18.5. The smallest absolute Gasteiger partial charge is 0.240 e. The molecule has 0 spiro atoms. The van der Waals surface area contributed by atoms with E-state index in [2.05, 4.69) is 4.72 Å². The van der Waals surface area contributed by atoms with Crippen LogP contribution in [-0.4, -0.2) is 27.0 Å². The minimum Gasteiger partial charge on any atom is -0.303 e. The number of nitrogens with one attached hydrogen (secondary N) is 1. The van der Waals surface area contributed by atoms with Gasteiger partial charge in [0.1, 0.15) is 12.1 Å². The number of carbonyl (C=O) groups excluding carboxylic acids is 2. The normalized spacial score (nSPS) is 12.8. The molecule has 0 aliphatic heterocycles. The number of sulfonamides is 1. The van der Waals surface area contributed by atoms with Crippen LogP contribution in [0.15, 0.2) is 35.2 Å². The standard InChI is InChI=1S/C16H23NO4S/c1-14(13-18)12-15(19)8-4-3-7-11-17-22(20,21)16-9-5-2-6-10-16/h2,5-6,9-10,13-14,17H,3-4,7-8,11-12H2,1H3/t14-/m1/s1. The van der Waals surface area contributed by atoms with E-state index in [-0.39, 0.29) is 16.6 Å². The van der Waals surface area contributed by atoms with Crippen LogP contribution in [0.2, 0.25) is 0 Å². The van der Waals surface area contributed by atoms with Crippen LogP contribution < -0.4 is 4.72 Å². The SMILES string of the molecule is C[C@@H](C=O)CC(=O)CCCCCNS(=O)(=O)c1ccccc1. The van der Waals surface area contributed by atoms with Crippen molar-refractivity contribution in [3.05, 3.63) is 30.3 Å². The van der Waals surface area contributed by atoms with Crippen molar-refractivity contribution < 1.29 is 18.0 Å². The van der Waals surface area contributed by atoms with E-state index in [1.165, 1.54) is 0 Å². The summed E-state index contributed by atoms with van der Waals surface area (Å²) in [6.07, 6.45) is 3.71. The van der Waals surface area contributed by atoms with Gasteiger partial charge in [-0.15, -0.1) is 0 Å². The second kappa shape index (κ2) is 9.48. The third kappa shape index (κ3) is 6.95. The lowest BCUT2D eigenvalue weighted by Gasteiger charge is -2.06. The van der Waals surface area contributed by atoms with Crippen molar-refractivity contribution in [3.8, 4) is 0 Å². The quantitative estimate of drug-likeness (QED) is 0.500. The fourth-order valence-electron chi connectivity index (χ4n) is 2.02. The van der Waals surface area contributed by atoms with Crippen molar-refractivity contribution in [3.63, 3.8) is 0 Å². The van der Waals surface area contributed by atoms with Gasteiger partial charge in [0.25, 0.3) is 0 Å². The summed E-state index contributed by atoms with van der Waals surface area (Å²) < 4.78 is 26.4. The highest BCUT2D eigenvalue weighted by atomic mass is 32.2. The maximum absolute atomic E-state index is 11.9. The largest absolute Gasteiger partial charge is 0.303 e. The van der Waals surface area contributed by atoms with Gasteiger partial charge in [0.2, 0.25) is 10.0 Å². The Morgan fingerprint density at radius 2 is 1.86 bits per heavy atom. The van der Waals surface area contributed by atoms with E-state index in [1.807, 2.05) is 0 Å². The zero-order valence-electron chi connectivity index (χ0n) is 12.8. The summed E-state index contributed by atoms with van der Waals surface area (Å²) in [5.74, 6) is -0.130. The second-order valence-electron chi connectivity index (χ2n) is 5.38. The lowest BCUT2D eigenvalue weighted by Crippen LogP contribution is -2.24. The van der Waals surface area contributed by atoms with Crippen molar-refractivity contribution in [2.24, 2.45) is 5.92 Å². The Kier molecular flexibility index (Phi) is 7.98. The molecule has 22 heavy (non-hydrogen) atoms. The van der Waals surface area contributed by atoms with E-state index in [0.29, 0.717) is 25.8 Å². The zero-order valence-corrected chi connectivity index (χ0v) is 13.6. The van der Waals surface area contributed by atoms with Crippen LogP contribution in [0.1, 0.15) is 39.0 Å². The molecule has 5 nitrogen and oxygen atoms in total. The first-order valence-corrected chi connectivity index (χ1v) is 8.95. The molecule has 1 rings (SSSR count). The van der Waals surface area contributed by atoms with Crippen molar-refractivity contribution in [2.45, 2.75) is 43.9 Å². The fraction of sp³-hybridized carbons (Fsp3) is 0.500. The molecule has 1 atom stereocenters. The molecule has 1 N–H and O–H groups in total. The Morgan fingerprint density at radius 3 is 2.50 bits per heavy atom.